The number of unbranched alkanes of at least 4 members (excludes halogenated alkanes) is 1. The van der Waals surface area contributed by atoms with Crippen LogP contribution in [0.25, 0.3) is 0 Å². The Morgan fingerprint density at radius 3 is 2.50 bits per heavy atom. The number of hydrogen-bond acceptors (Lipinski definition) is 4. The molecule has 0 unspecified atom stereocenters. The maximum absolute atomic E-state index is 4.73. The van der Waals surface area contributed by atoms with E-state index in [1.807, 2.05) is 6.92 Å². The van der Waals surface area contributed by atoms with E-state index in [2.05, 4.69) is 52.5 Å². The Morgan fingerprint density at radius 2 is 1.79 bits per heavy atom. The molecule has 0 atom stereocenters. The smallest absolute Gasteiger partial charge is 0.229 e. The monoisotopic (exact) mass is 324 g/mol. The van der Waals surface area contributed by atoms with Crippen LogP contribution in [0, 0.1) is 6.92 Å². The number of nitrogens with zero attached hydrogens (tertiary/aromatic N) is 3. The number of hydrogen-bond donors (Lipinski definition) is 1. The van der Waals surface area contributed by atoms with Crippen molar-refractivity contribution >= 4 is 17.5 Å². The molecule has 4 heteroatoms. The number of aryl methyl sites for hydroxylation is 2. The van der Waals surface area contributed by atoms with E-state index in [1.165, 1.54) is 37.7 Å². The highest BCUT2D eigenvalue weighted by molar-refractivity contribution is 5.56. The second-order valence-electron chi connectivity index (χ2n) is 6.66. The van der Waals surface area contributed by atoms with E-state index < -0.39 is 0 Å². The second kappa shape index (κ2) is 8.13. The fraction of sp³-hybridized carbons (Fsp3) is 0.500. The Bertz CT molecular complexity index is 645. The third-order valence-corrected chi connectivity index (χ3v) is 4.55. The van der Waals surface area contributed by atoms with Crippen LogP contribution >= 0.6 is 0 Å². The van der Waals surface area contributed by atoms with Crippen molar-refractivity contribution in [3.63, 3.8) is 0 Å². The highest BCUT2D eigenvalue weighted by atomic mass is 15.2. The molecule has 1 aromatic carbocycles. The fourth-order valence-electron chi connectivity index (χ4n) is 3.16. The minimum atomic E-state index is 0.692. The van der Waals surface area contributed by atoms with E-state index in [4.69, 9.17) is 4.98 Å². The molecule has 0 bridgehead atoms. The molecule has 2 aromatic rings. The minimum Gasteiger partial charge on any atom is -0.356 e. The number of piperidine rings is 1. The molecule has 1 fully saturated rings. The van der Waals surface area contributed by atoms with Crippen LogP contribution in [-0.2, 0) is 6.42 Å². The third kappa shape index (κ3) is 4.47. The van der Waals surface area contributed by atoms with Crippen molar-refractivity contribution in [3.8, 4) is 0 Å². The van der Waals surface area contributed by atoms with Crippen LogP contribution in [0.15, 0.2) is 30.3 Å². The lowest BCUT2D eigenvalue weighted by molar-refractivity contribution is 0.573. The van der Waals surface area contributed by atoms with Gasteiger partial charge in [0.15, 0.2) is 0 Å². The van der Waals surface area contributed by atoms with Crippen molar-refractivity contribution in [2.24, 2.45) is 0 Å². The van der Waals surface area contributed by atoms with E-state index >= 15 is 0 Å². The lowest BCUT2D eigenvalue weighted by Gasteiger charge is -2.28. The molecule has 3 rings (SSSR count). The van der Waals surface area contributed by atoms with Gasteiger partial charge in [-0.1, -0.05) is 25.5 Å². The van der Waals surface area contributed by atoms with E-state index in [9.17, 15) is 0 Å². The molecule has 1 N–H and O–H groups in total. The zero-order valence-corrected chi connectivity index (χ0v) is 14.9. The van der Waals surface area contributed by atoms with Crippen molar-refractivity contribution < 1.29 is 0 Å². The molecule has 0 radical (unpaired) electrons. The quantitative estimate of drug-likeness (QED) is 0.823. The molecule has 0 spiro atoms. The molecule has 1 aromatic heterocycles. The van der Waals surface area contributed by atoms with E-state index in [0.29, 0.717) is 5.95 Å². The van der Waals surface area contributed by atoms with Gasteiger partial charge < -0.3 is 10.2 Å². The van der Waals surface area contributed by atoms with E-state index in [1.54, 1.807) is 0 Å². The predicted molar refractivity (Wildman–Crippen MR) is 101 cm³/mol. The molecule has 2 heterocycles. The summed E-state index contributed by atoms with van der Waals surface area (Å²) in [5.41, 5.74) is 3.44. The number of nitrogens with one attached hydrogen (secondary N) is 1. The average Bonchev–Trinajstić information content (AvgIpc) is 2.61. The van der Waals surface area contributed by atoms with Gasteiger partial charge in [-0.25, -0.2) is 4.98 Å². The average molecular weight is 324 g/mol. The summed E-state index contributed by atoms with van der Waals surface area (Å²) in [5.74, 6) is 1.74. The maximum atomic E-state index is 4.73. The fourth-order valence-corrected chi connectivity index (χ4v) is 3.16. The van der Waals surface area contributed by atoms with Gasteiger partial charge in [0.1, 0.15) is 5.82 Å². The lowest BCUT2D eigenvalue weighted by Crippen LogP contribution is -2.30. The summed E-state index contributed by atoms with van der Waals surface area (Å²) in [4.78, 5) is 11.6. The zero-order valence-electron chi connectivity index (χ0n) is 14.9. The lowest BCUT2D eigenvalue weighted by atomic mass is 10.1. The van der Waals surface area contributed by atoms with Gasteiger partial charge in [-0.15, -0.1) is 0 Å². The molecule has 0 saturated carbocycles. The zero-order chi connectivity index (χ0) is 16.8. The first-order chi connectivity index (χ1) is 11.7. The number of aromatic nitrogens is 2. The van der Waals surface area contributed by atoms with Crippen molar-refractivity contribution in [2.75, 3.05) is 23.3 Å². The number of benzene rings is 1. The van der Waals surface area contributed by atoms with Crippen LogP contribution in [0.3, 0.4) is 0 Å². The van der Waals surface area contributed by atoms with Gasteiger partial charge in [0, 0.05) is 30.5 Å². The van der Waals surface area contributed by atoms with Gasteiger partial charge in [-0.05, 0) is 56.7 Å². The molecular weight excluding hydrogens is 296 g/mol. The maximum Gasteiger partial charge on any atom is 0.229 e. The van der Waals surface area contributed by atoms with Crippen molar-refractivity contribution in [2.45, 2.75) is 52.4 Å². The topological polar surface area (TPSA) is 41.1 Å². The predicted octanol–water partition coefficient (Wildman–Crippen LogP) is 4.86. The highest BCUT2D eigenvalue weighted by Crippen LogP contribution is 2.22. The Kier molecular flexibility index (Phi) is 5.68. The molecular formula is C20H28N4. The SMILES string of the molecule is CCCCc1ccc(Nc2nc(C)cc(N3CCCCC3)n2)cc1. The summed E-state index contributed by atoms with van der Waals surface area (Å²) >= 11 is 0. The Hall–Kier alpha value is -2.10. The Balaban J connectivity index is 1.71. The van der Waals surface area contributed by atoms with Gasteiger partial charge in [0.05, 0.1) is 0 Å². The number of anilines is 3. The van der Waals surface area contributed by atoms with Crippen LogP contribution in [0.1, 0.15) is 50.3 Å². The molecule has 128 valence electrons. The molecule has 1 aliphatic heterocycles. The second-order valence-corrected chi connectivity index (χ2v) is 6.66. The van der Waals surface area contributed by atoms with Gasteiger partial charge in [0.25, 0.3) is 0 Å². The minimum absolute atomic E-state index is 0.692. The molecule has 0 amide bonds. The summed E-state index contributed by atoms with van der Waals surface area (Å²) in [7, 11) is 0. The molecule has 1 saturated heterocycles. The normalized spacial score (nSPS) is 14.7. The van der Waals surface area contributed by atoms with Crippen molar-refractivity contribution in [1.29, 1.82) is 0 Å². The van der Waals surface area contributed by atoms with Crippen LogP contribution in [0.4, 0.5) is 17.5 Å². The first-order valence-corrected chi connectivity index (χ1v) is 9.21. The Morgan fingerprint density at radius 1 is 1.04 bits per heavy atom. The molecule has 0 aliphatic carbocycles. The van der Waals surface area contributed by atoms with Crippen LogP contribution in [-0.4, -0.2) is 23.1 Å². The van der Waals surface area contributed by atoms with E-state index in [0.717, 1.165) is 36.7 Å². The van der Waals surface area contributed by atoms with Crippen molar-refractivity contribution in [1.82, 2.24) is 9.97 Å². The first-order valence-electron chi connectivity index (χ1n) is 9.21. The summed E-state index contributed by atoms with van der Waals surface area (Å²) in [5, 5.41) is 3.36. The summed E-state index contributed by atoms with van der Waals surface area (Å²) in [6, 6.07) is 10.7. The van der Waals surface area contributed by atoms with Crippen LogP contribution in [0.2, 0.25) is 0 Å². The van der Waals surface area contributed by atoms with Gasteiger partial charge in [-0.2, -0.15) is 4.98 Å². The van der Waals surface area contributed by atoms with Crippen molar-refractivity contribution in [3.05, 3.63) is 41.6 Å². The molecule has 1 aliphatic rings. The van der Waals surface area contributed by atoms with Gasteiger partial charge >= 0.3 is 0 Å². The standard InChI is InChI=1S/C20H28N4/c1-3-4-8-17-9-11-18(12-10-17)22-20-21-16(2)15-19(23-20)24-13-6-5-7-14-24/h9-12,15H,3-8,13-14H2,1-2H3,(H,21,22,23). The first kappa shape index (κ1) is 16.7. The summed E-state index contributed by atoms with van der Waals surface area (Å²) in [6.07, 6.45) is 7.46. The number of rotatable bonds is 6. The third-order valence-electron chi connectivity index (χ3n) is 4.55. The largest absolute Gasteiger partial charge is 0.356 e. The summed E-state index contributed by atoms with van der Waals surface area (Å²) < 4.78 is 0. The summed E-state index contributed by atoms with van der Waals surface area (Å²) in [6.45, 7) is 6.46. The van der Waals surface area contributed by atoms with Crippen LogP contribution < -0.4 is 10.2 Å². The van der Waals surface area contributed by atoms with Gasteiger partial charge in [0.2, 0.25) is 5.95 Å². The van der Waals surface area contributed by atoms with Gasteiger partial charge in [-0.3, -0.25) is 0 Å². The molecule has 24 heavy (non-hydrogen) atoms. The highest BCUT2D eigenvalue weighted by Gasteiger charge is 2.13. The Labute approximate surface area is 145 Å². The molecule has 4 nitrogen and oxygen atoms in total. The van der Waals surface area contributed by atoms with Crippen LogP contribution in [0.5, 0.6) is 0 Å². The van der Waals surface area contributed by atoms with E-state index in [-0.39, 0.29) is 0 Å².